The Labute approximate surface area is 191 Å². The molecule has 8 nitrogen and oxygen atoms in total. The summed E-state index contributed by atoms with van der Waals surface area (Å²) in [6, 6.07) is 24.9. The molecule has 0 saturated heterocycles. The lowest BCUT2D eigenvalue weighted by Gasteiger charge is -2.08. The van der Waals surface area contributed by atoms with E-state index in [0.29, 0.717) is 24.7 Å². The second-order valence-electron chi connectivity index (χ2n) is 7.06. The molecule has 0 bridgehead atoms. The highest BCUT2D eigenvalue weighted by molar-refractivity contribution is 5.79. The molecule has 0 amide bonds. The molecule has 0 aliphatic rings. The largest absolute Gasteiger partial charge is 0.486 e. The van der Waals surface area contributed by atoms with Crippen molar-refractivity contribution in [3.63, 3.8) is 0 Å². The van der Waals surface area contributed by atoms with Crippen LogP contribution in [-0.4, -0.2) is 15.9 Å². The number of guanidine groups is 1. The van der Waals surface area contributed by atoms with Gasteiger partial charge in [-0.1, -0.05) is 30.3 Å². The number of benzene rings is 3. The van der Waals surface area contributed by atoms with E-state index in [1.807, 2.05) is 78.9 Å². The zero-order valence-corrected chi connectivity index (χ0v) is 17.7. The zero-order valence-electron chi connectivity index (χ0n) is 17.7. The van der Waals surface area contributed by atoms with Gasteiger partial charge >= 0.3 is 0 Å². The van der Waals surface area contributed by atoms with Crippen LogP contribution in [0, 0.1) is 11.5 Å². The van der Waals surface area contributed by atoms with Gasteiger partial charge in [0, 0.05) is 0 Å². The van der Waals surface area contributed by atoms with E-state index in [-0.39, 0.29) is 5.96 Å². The molecule has 4 N–H and O–H groups in total. The first-order chi connectivity index (χ1) is 16.2. The molecular weight excluding hydrogens is 416 g/mol. The predicted molar refractivity (Wildman–Crippen MR) is 125 cm³/mol. The van der Waals surface area contributed by atoms with Crippen LogP contribution in [0.4, 0.5) is 0 Å². The summed E-state index contributed by atoms with van der Waals surface area (Å²) < 4.78 is 11.7. The summed E-state index contributed by atoms with van der Waals surface area (Å²) >= 11 is 0. The third-order valence-corrected chi connectivity index (χ3v) is 4.66. The number of para-hydroxylation sites is 1. The normalized spacial score (nSPS) is 10.9. The van der Waals surface area contributed by atoms with E-state index >= 15 is 0 Å². The third kappa shape index (κ3) is 6.12. The number of imidazole rings is 1. The number of aromatic nitrogens is 2. The van der Waals surface area contributed by atoms with E-state index in [0.717, 1.165) is 28.4 Å². The summed E-state index contributed by atoms with van der Waals surface area (Å²) in [6.07, 6.45) is 3.52. The Balaban J connectivity index is 1.36. The van der Waals surface area contributed by atoms with Crippen molar-refractivity contribution < 1.29 is 9.47 Å². The minimum atomic E-state index is 0.0769. The first-order valence-corrected chi connectivity index (χ1v) is 10.2. The van der Waals surface area contributed by atoms with Crippen LogP contribution in [0.3, 0.4) is 0 Å². The summed E-state index contributed by atoms with van der Waals surface area (Å²) in [4.78, 5) is 11.8. The molecule has 4 aromatic rings. The van der Waals surface area contributed by atoms with Crippen molar-refractivity contribution in [1.29, 1.82) is 5.26 Å². The van der Waals surface area contributed by atoms with Crippen molar-refractivity contribution in [2.45, 2.75) is 13.2 Å². The highest BCUT2D eigenvalue weighted by Crippen LogP contribution is 2.26. The van der Waals surface area contributed by atoms with Gasteiger partial charge in [0.05, 0.1) is 18.4 Å². The predicted octanol–water partition coefficient (Wildman–Crippen LogP) is 4.33. The molecule has 0 spiro atoms. The number of H-pyrrole nitrogens is 1. The van der Waals surface area contributed by atoms with E-state index in [1.54, 1.807) is 12.4 Å². The van der Waals surface area contributed by atoms with Crippen LogP contribution in [0.1, 0.15) is 11.4 Å². The standard InChI is InChI=1S/C25H22N6O2/c26-17-30-25(27)29-14-18-5-4-8-22(13-18)33-21-11-9-19(10-12-21)23-15-28-24(31-23)16-32-20-6-2-1-3-7-20/h1-13,15H,14,16H2,(H,28,31)(H3,27,29,30). The minimum absolute atomic E-state index is 0.0769. The molecule has 0 fully saturated rings. The van der Waals surface area contributed by atoms with Crippen molar-refractivity contribution in [2.75, 3.05) is 0 Å². The van der Waals surface area contributed by atoms with Gasteiger partial charge in [-0.25, -0.2) is 9.98 Å². The smallest absolute Gasteiger partial charge is 0.202 e. The number of hydrogen-bond donors (Lipinski definition) is 3. The maximum Gasteiger partial charge on any atom is 0.202 e. The van der Waals surface area contributed by atoms with E-state index in [4.69, 9.17) is 20.5 Å². The molecule has 0 atom stereocenters. The van der Waals surface area contributed by atoms with Crippen molar-refractivity contribution in [2.24, 2.45) is 10.7 Å². The molecule has 4 rings (SSSR count). The van der Waals surface area contributed by atoms with Crippen LogP contribution in [0.2, 0.25) is 0 Å². The lowest BCUT2D eigenvalue weighted by Crippen LogP contribution is -2.27. The number of rotatable bonds is 8. The number of ether oxygens (including phenoxy) is 2. The van der Waals surface area contributed by atoms with Gasteiger partial charge in [0.15, 0.2) is 6.19 Å². The van der Waals surface area contributed by atoms with E-state index in [1.165, 1.54) is 0 Å². The maximum absolute atomic E-state index is 8.55. The number of nitrogens with one attached hydrogen (secondary N) is 2. The maximum atomic E-state index is 8.55. The fourth-order valence-electron chi connectivity index (χ4n) is 3.07. The number of aliphatic imine (C=N–C) groups is 1. The van der Waals surface area contributed by atoms with Crippen LogP contribution < -0.4 is 20.5 Å². The Hall–Kier alpha value is -4.77. The van der Waals surface area contributed by atoms with Gasteiger partial charge in [-0.15, -0.1) is 0 Å². The second-order valence-corrected chi connectivity index (χ2v) is 7.06. The fraction of sp³-hybridized carbons (Fsp3) is 0.0800. The minimum Gasteiger partial charge on any atom is -0.486 e. The molecule has 164 valence electrons. The Kier molecular flexibility index (Phi) is 6.83. The highest BCUT2D eigenvalue weighted by Gasteiger charge is 2.06. The van der Waals surface area contributed by atoms with E-state index in [9.17, 15) is 0 Å². The van der Waals surface area contributed by atoms with Crippen LogP contribution >= 0.6 is 0 Å². The molecule has 1 heterocycles. The van der Waals surface area contributed by atoms with Gasteiger partial charge in [0.1, 0.15) is 29.7 Å². The van der Waals surface area contributed by atoms with Crippen molar-refractivity contribution in [3.8, 4) is 34.7 Å². The van der Waals surface area contributed by atoms with E-state index in [2.05, 4.69) is 20.3 Å². The number of hydrogen-bond acceptors (Lipinski definition) is 5. The molecule has 3 aromatic carbocycles. The first-order valence-electron chi connectivity index (χ1n) is 10.2. The lowest BCUT2D eigenvalue weighted by molar-refractivity contribution is 0.297. The number of nitriles is 1. The Morgan fingerprint density at radius 2 is 1.79 bits per heavy atom. The molecule has 0 aliphatic heterocycles. The average molecular weight is 438 g/mol. The van der Waals surface area contributed by atoms with Gasteiger partial charge in [-0.3, -0.25) is 5.32 Å². The molecule has 33 heavy (non-hydrogen) atoms. The molecule has 0 radical (unpaired) electrons. The molecule has 1 aromatic heterocycles. The van der Waals surface area contributed by atoms with Gasteiger partial charge in [0.2, 0.25) is 5.96 Å². The lowest BCUT2D eigenvalue weighted by atomic mass is 10.1. The molecular formula is C25H22N6O2. The van der Waals surface area contributed by atoms with Crippen molar-refractivity contribution in [1.82, 2.24) is 15.3 Å². The van der Waals surface area contributed by atoms with E-state index < -0.39 is 0 Å². The summed E-state index contributed by atoms with van der Waals surface area (Å²) in [5.41, 5.74) is 8.37. The zero-order chi connectivity index (χ0) is 22.9. The molecule has 8 heteroatoms. The van der Waals surface area contributed by atoms with Crippen LogP contribution in [0.15, 0.2) is 90.1 Å². The Bertz CT molecular complexity index is 1260. The van der Waals surface area contributed by atoms with Gasteiger partial charge < -0.3 is 20.2 Å². The van der Waals surface area contributed by atoms with Gasteiger partial charge in [-0.05, 0) is 59.7 Å². The third-order valence-electron chi connectivity index (χ3n) is 4.66. The SMILES string of the molecule is N#CNC(N)=NCc1cccc(Oc2ccc(-c3cnc(COc4ccccc4)[nH]3)cc2)c1. The van der Waals surface area contributed by atoms with Crippen molar-refractivity contribution in [3.05, 3.63) is 96.4 Å². The molecule has 0 unspecified atom stereocenters. The summed E-state index contributed by atoms with van der Waals surface area (Å²) in [5, 5.41) is 10.8. The number of aromatic amines is 1. The van der Waals surface area contributed by atoms with Crippen LogP contribution in [0.5, 0.6) is 17.2 Å². The van der Waals surface area contributed by atoms with Gasteiger partial charge in [0.25, 0.3) is 0 Å². The summed E-state index contributed by atoms with van der Waals surface area (Å²) in [7, 11) is 0. The van der Waals surface area contributed by atoms with Crippen molar-refractivity contribution >= 4 is 5.96 Å². The number of nitrogens with two attached hydrogens (primary N) is 1. The average Bonchev–Trinajstić information content (AvgIpc) is 3.32. The highest BCUT2D eigenvalue weighted by atomic mass is 16.5. The summed E-state index contributed by atoms with van der Waals surface area (Å²) in [5.74, 6) is 3.02. The monoisotopic (exact) mass is 438 g/mol. The Morgan fingerprint density at radius 1 is 1.00 bits per heavy atom. The molecule has 0 saturated carbocycles. The second kappa shape index (κ2) is 10.5. The number of nitrogens with zero attached hydrogens (tertiary/aromatic N) is 3. The van der Waals surface area contributed by atoms with Crippen LogP contribution in [-0.2, 0) is 13.2 Å². The first kappa shape index (κ1) is 21.5. The van der Waals surface area contributed by atoms with Crippen LogP contribution in [0.25, 0.3) is 11.3 Å². The fourth-order valence-corrected chi connectivity index (χ4v) is 3.07. The van der Waals surface area contributed by atoms with Gasteiger partial charge in [-0.2, -0.15) is 5.26 Å². The quantitative estimate of drug-likeness (QED) is 0.163. The summed E-state index contributed by atoms with van der Waals surface area (Å²) in [6.45, 7) is 0.705. The Morgan fingerprint density at radius 3 is 2.58 bits per heavy atom. The molecule has 0 aliphatic carbocycles. The topological polar surface area (TPSA) is 121 Å².